The van der Waals surface area contributed by atoms with Crippen LogP contribution in [0.15, 0.2) is 0 Å². The molecule has 8 heteroatoms. The molecule has 0 bridgehead atoms. The Kier molecular flexibility index (Phi) is 22.7. The highest BCUT2D eigenvalue weighted by molar-refractivity contribution is 5.92. The van der Waals surface area contributed by atoms with Crippen molar-refractivity contribution in [1.82, 2.24) is 21.3 Å². The molecule has 0 aromatic rings. The summed E-state index contributed by atoms with van der Waals surface area (Å²) in [6, 6.07) is -1.21. The van der Waals surface area contributed by atoms with E-state index >= 15 is 0 Å². The summed E-state index contributed by atoms with van der Waals surface area (Å²) in [5.74, 6) is 0.937. The number of rotatable bonds is 25. The van der Waals surface area contributed by atoms with E-state index in [-0.39, 0.29) is 23.5 Å². The molecule has 2 atom stereocenters. The molecule has 0 aliphatic carbocycles. The lowest BCUT2D eigenvalue weighted by atomic mass is 10.0. The second-order valence-electron chi connectivity index (χ2n) is 11.7. The Morgan fingerprint density at radius 2 is 1.10 bits per heavy atom. The molecular weight excluding hydrogens is 492 g/mol. The highest BCUT2D eigenvalue weighted by atomic mass is 16.2. The Morgan fingerprint density at radius 3 is 1.64 bits per heavy atom. The van der Waals surface area contributed by atoms with Gasteiger partial charge in [-0.1, -0.05) is 60.3 Å². The number of carbonyl (C=O) groups is 4. The average Bonchev–Trinajstić information content (AvgIpc) is 2.89. The van der Waals surface area contributed by atoms with E-state index in [1.807, 2.05) is 14.0 Å². The van der Waals surface area contributed by atoms with Gasteiger partial charge in [0.2, 0.25) is 17.7 Å². The van der Waals surface area contributed by atoms with Crippen molar-refractivity contribution in [2.24, 2.45) is 11.8 Å². The van der Waals surface area contributed by atoms with E-state index in [2.05, 4.69) is 49.0 Å². The lowest BCUT2D eigenvalue weighted by molar-refractivity contribution is -0.131. The minimum atomic E-state index is -0.682. The molecule has 0 radical (unpaired) electrons. The lowest BCUT2D eigenvalue weighted by Crippen LogP contribution is -2.51. The fourth-order valence-corrected chi connectivity index (χ4v) is 4.48. The van der Waals surface area contributed by atoms with Crippen LogP contribution >= 0.6 is 0 Å². The highest BCUT2D eigenvalue weighted by Crippen LogP contribution is 2.11. The van der Waals surface area contributed by atoms with Crippen LogP contribution in [-0.2, 0) is 19.2 Å². The zero-order valence-electron chi connectivity index (χ0n) is 26.0. The first-order valence-corrected chi connectivity index (χ1v) is 15.6. The van der Waals surface area contributed by atoms with Crippen LogP contribution in [0.4, 0.5) is 0 Å². The molecule has 4 N–H and O–H groups in total. The molecule has 0 saturated heterocycles. The summed E-state index contributed by atoms with van der Waals surface area (Å²) in [5.41, 5.74) is 0. The van der Waals surface area contributed by atoms with Crippen molar-refractivity contribution in [3.8, 4) is 0 Å². The maximum Gasteiger partial charge on any atom is 0.243 e. The number of hydrogen-bond acceptors (Lipinski definition) is 5. The number of ketones is 1. The summed E-state index contributed by atoms with van der Waals surface area (Å²) in [4.78, 5) is 50.5. The van der Waals surface area contributed by atoms with E-state index in [0.717, 1.165) is 64.3 Å². The zero-order valence-corrected chi connectivity index (χ0v) is 26.0. The predicted octanol–water partition coefficient (Wildman–Crippen LogP) is 5.04. The topological polar surface area (TPSA) is 116 Å². The summed E-state index contributed by atoms with van der Waals surface area (Å²) in [5, 5.41) is 11.9. The molecule has 3 amide bonds. The lowest BCUT2D eigenvalue weighted by Gasteiger charge is -2.23. The van der Waals surface area contributed by atoms with Crippen LogP contribution in [0.25, 0.3) is 0 Å². The van der Waals surface area contributed by atoms with Gasteiger partial charge in [-0.2, -0.15) is 0 Å². The SMILES string of the molecule is CCC(=O)C(CCCCNC)NC(=O)C(CCCCNC(=O)CCCCC(C)C)NC(=O)CCCCC(C)C. The van der Waals surface area contributed by atoms with E-state index in [1.54, 1.807) is 0 Å². The quantitative estimate of drug-likeness (QED) is 0.118. The van der Waals surface area contributed by atoms with Crippen molar-refractivity contribution in [3.63, 3.8) is 0 Å². The summed E-state index contributed by atoms with van der Waals surface area (Å²) in [6.07, 6.45) is 11.5. The van der Waals surface area contributed by atoms with E-state index in [4.69, 9.17) is 0 Å². The molecule has 0 spiro atoms. The second-order valence-corrected chi connectivity index (χ2v) is 11.7. The standard InChI is InChI=1S/C31H60N4O4/c1-7-28(36)26(18-12-14-22-32-6)35-31(39)27(34-30(38)21-11-9-17-25(4)5)19-13-15-23-33-29(37)20-10-8-16-24(2)3/h24-27,32H,7-23H2,1-6H3,(H,33,37)(H,34,38)(H,35,39). The highest BCUT2D eigenvalue weighted by Gasteiger charge is 2.25. The maximum absolute atomic E-state index is 13.2. The van der Waals surface area contributed by atoms with Gasteiger partial charge in [-0.3, -0.25) is 19.2 Å². The third kappa shape index (κ3) is 21.5. The summed E-state index contributed by atoms with van der Waals surface area (Å²) >= 11 is 0. The number of hydrogen-bond donors (Lipinski definition) is 4. The molecule has 0 heterocycles. The fraction of sp³-hybridized carbons (Fsp3) is 0.871. The average molecular weight is 553 g/mol. The number of carbonyl (C=O) groups excluding carboxylic acids is 4. The fourth-order valence-electron chi connectivity index (χ4n) is 4.48. The molecular formula is C31H60N4O4. The van der Waals surface area contributed by atoms with Crippen LogP contribution in [0, 0.1) is 11.8 Å². The Morgan fingerprint density at radius 1 is 0.590 bits per heavy atom. The van der Waals surface area contributed by atoms with Gasteiger partial charge in [0.25, 0.3) is 0 Å². The number of unbranched alkanes of at least 4 members (excludes halogenated alkanes) is 4. The first kappa shape index (κ1) is 37.0. The maximum atomic E-state index is 13.2. The molecule has 39 heavy (non-hydrogen) atoms. The minimum Gasteiger partial charge on any atom is -0.356 e. The third-order valence-corrected chi connectivity index (χ3v) is 6.99. The molecule has 228 valence electrons. The minimum absolute atomic E-state index is 0.0164. The van der Waals surface area contributed by atoms with Gasteiger partial charge in [0.15, 0.2) is 5.78 Å². The molecule has 8 nitrogen and oxygen atoms in total. The van der Waals surface area contributed by atoms with Gasteiger partial charge in [0.1, 0.15) is 6.04 Å². The number of nitrogens with one attached hydrogen (secondary N) is 4. The van der Waals surface area contributed by atoms with Crippen molar-refractivity contribution in [2.75, 3.05) is 20.1 Å². The van der Waals surface area contributed by atoms with Crippen molar-refractivity contribution >= 4 is 23.5 Å². The Balaban J connectivity index is 4.86. The van der Waals surface area contributed by atoms with Gasteiger partial charge in [-0.15, -0.1) is 0 Å². The van der Waals surface area contributed by atoms with Crippen LogP contribution < -0.4 is 21.3 Å². The van der Waals surface area contributed by atoms with Gasteiger partial charge in [-0.25, -0.2) is 0 Å². The van der Waals surface area contributed by atoms with Gasteiger partial charge in [0.05, 0.1) is 6.04 Å². The Bertz CT molecular complexity index is 682. The molecule has 0 aromatic carbocycles. The van der Waals surface area contributed by atoms with Crippen LogP contribution in [-0.4, -0.2) is 55.7 Å². The molecule has 2 unspecified atom stereocenters. The summed E-state index contributed by atoms with van der Waals surface area (Å²) < 4.78 is 0. The van der Waals surface area contributed by atoms with Crippen LogP contribution in [0.5, 0.6) is 0 Å². The summed E-state index contributed by atoms with van der Waals surface area (Å²) in [7, 11) is 1.89. The second kappa shape index (κ2) is 23.9. The molecule has 0 aliphatic rings. The van der Waals surface area contributed by atoms with Crippen molar-refractivity contribution < 1.29 is 19.2 Å². The van der Waals surface area contributed by atoms with Crippen LogP contribution in [0.3, 0.4) is 0 Å². The number of amides is 3. The predicted molar refractivity (Wildman–Crippen MR) is 160 cm³/mol. The van der Waals surface area contributed by atoms with E-state index in [0.29, 0.717) is 56.9 Å². The van der Waals surface area contributed by atoms with Gasteiger partial charge in [0, 0.05) is 25.8 Å². The smallest absolute Gasteiger partial charge is 0.243 e. The monoisotopic (exact) mass is 552 g/mol. The van der Waals surface area contributed by atoms with E-state index < -0.39 is 12.1 Å². The zero-order chi connectivity index (χ0) is 29.5. The molecule has 0 fully saturated rings. The van der Waals surface area contributed by atoms with Crippen molar-refractivity contribution in [1.29, 1.82) is 0 Å². The largest absolute Gasteiger partial charge is 0.356 e. The Hall–Kier alpha value is -1.96. The summed E-state index contributed by atoms with van der Waals surface area (Å²) in [6.45, 7) is 12.0. The third-order valence-electron chi connectivity index (χ3n) is 6.99. The molecule has 0 aromatic heterocycles. The van der Waals surface area contributed by atoms with Gasteiger partial charge < -0.3 is 21.3 Å². The van der Waals surface area contributed by atoms with Crippen LogP contribution in [0.2, 0.25) is 0 Å². The van der Waals surface area contributed by atoms with Crippen molar-refractivity contribution in [3.05, 3.63) is 0 Å². The number of Topliss-reactive ketones (excluding diaryl/α,β-unsaturated/α-hetero) is 1. The van der Waals surface area contributed by atoms with Crippen molar-refractivity contribution in [2.45, 2.75) is 143 Å². The van der Waals surface area contributed by atoms with Crippen LogP contribution in [0.1, 0.15) is 131 Å². The molecule has 0 rings (SSSR count). The van der Waals surface area contributed by atoms with E-state index in [1.165, 1.54) is 0 Å². The normalized spacial score (nSPS) is 12.8. The van der Waals surface area contributed by atoms with E-state index in [9.17, 15) is 19.2 Å². The van der Waals surface area contributed by atoms with Gasteiger partial charge in [-0.05, 0) is 76.8 Å². The first-order chi connectivity index (χ1) is 18.6. The first-order valence-electron chi connectivity index (χ1n) is 15.6. The molecule has 0 saturated carbocycles. The van der Waals surface area contributed by atoms with Gasteiger partial charge >= 0.3 is 0 Å². The Labute approximate surface area is 239 Å². The molecule has 0 aliphatic heterocycles.